The van der Waals surface area contributed by atoms with Gasteiger partial charge < -0.3 is 10.2 Å². The van der Waals surface area contributed by atoms with Gasteiger partial charge >= 0.3 is 0 Å². The zero-order valence-electron chi connectivity index (χ0n) is 14.0. The first-order chi connectivity index (χ1) is 12.0. The number of hydrogen-bond acceptors (Lipinski definition) is 3. The summed E-state index contributed by atoms with van der Waals surface area (Å²) in [5, 5.41) is 2.87. The molecule has 0 spiro atoms. The van der Waals surface area contributed by atoms with Crippen LogP contribution in [0.25, 0.3) is 0 Å². The molecule has 2 aromatic rings. The van der Waals surface area contributed by atoms with E-state index < -0.39 is 0 Å². The number of pyridine rings is 1. The maximum Gasteiger partial charge on any atom is 0.270 e. The Labute approximate surface area is 145 Å². The van der Waals surface area contributed by atoms with Gasteiger partial charge in [0.25, 0.3) is 5.91 Å². The van der Waals surface area contributed by atoms with Crippen molar-refractivity contribution < 1.29 is 14.0 Å². The second-order valence-corrected chi connectivity index (χ2v) is 6.25. The van der Waals surface area contributed by atoms with E-state index in [1.54, 1.807) is 29.2 Å². The van der Waals surface area contributed by atoms with Crippen molar-refractivity contribution in [1.29, 1.82) is 0 Å². The topological polar surface area (TPSA) is 62.3 Å². The Balaban J connectivity index is 1.53. The lowest BCUT2D eigenvalue weighted by atomic mass is 10.1. The lowest BCUT2D eigenvalue weighted by molar-refractivity contribution is -0.127. The van der Waals surface area contributed by atoms with Crippen molar-refractivity contribution in [3.63, 3.8) is 0 Å². The van der Waals surface area contributed by atoms with Crippen LogP contribution in [0.15, 0.2) is 42.5 Å². The Bertz CT molecular complexity index is 776. The number of aryl methyl sites for hydroxylation is 1. The minimum atomic E-state index is -0.270. The number of nitrogens with zero attached hydrogens (tertiary/aromatic N) is 2. The summed E-state index contributed by atoms with van der Waals surface area (Å²) < 4.78 is 12.9. The van der Waals surface area contributed by atoms with Gasteiger partial charge in [-0.1, -0.05) is 18.2 Å². The van der Waals surface area contributed by atoms with Crippen molar-refractivity contribution in [2.75, 3.05) is 13.1 Å². The van der Waals surface area contributed by atoms with Crippen LogP contribution in [0.5, 0.6) is 0 Å². The second kappa shape index (κ2) is 7.42. The quantitative estimate of drug-likeness (QED) is 0.906. The Hall–Kier alpha value is -2.76. The molecule has 0 unspecified atom stereocenters. The number of benzene rings is 1. The molecule has 0 bridgehead atoms. The molecule has 1 fully saturated rings. The third-order valence-electron chi connectivity index (χ3n) is 4.25. The molecule has 1 atom stereocenters. The Morgan fingerprint density at radius 2 is 2.04 bits per heavy atom. The molecule has 3 rings (SSSR count). The molecular formula is C19H20FN3O2. The van der Waals surface area contributed by atoms with Crippen LogP contribution in [-0.2, 0) is 11.2 Å². The van der Waals surface area contributed by atoms with Crippen LogP contribution in [0.4, 0.5) is 4.39 Å². The van der Waals surface area contributed by atoms with E-state index in [0.717, 1.165) is 11.3 Å². The molecule has 0 radical (unpaired) electrons. The summed E-state index contributed by atoms with van der Waals surface area (Å²) in [5.74, 6) is -0.514. The molecule has 25 heavy (non-hydrogen) atoms. The highest BCUT2D eigenvalue weighted by Gasteiger charge is 2.30. The summed E-state index contributed by atoms with van der Waals surface area (Å²) in [5.41, 5.74) is 2.11. The summed E-state index contributed by atoms with van der Waals surface area (Å²) >= 11 is 0. The highest BCUT2D eigenvalue weighted by Crippen LogP contribution is 2.13. The van der Waals surface area contributed by atoms with Gasteiger partial charge in [-0.05, 0) is 43.2 Å². The third kappa shape index (κ3) is 4.41. The van der Waals surface area contributed by atoms with Crippen molar-refractivity contribution in [2.24, 2.45) is 0 Å². The average Bonchev–Trinajstić information content (AvgIpc) is 2.94. The van der Waals surface area contributed by atoms with E-state index in [-0.39, 0.29) is 23.7 Å². The Morgan fingerprint density at radius 3 is 2.76 bits per heavy atom. The molecule has 130 valence electrons. The van der Waals surface area contributed by atoms with E-state index in [0.29, 0.717) is 31.6 Å². The second-order valence-electron chi connectivity index (χ2n) is 6.25. The maximum absolute atomic E-state index is 12.9. The zero-order chi connectivity index (χ0) is 17.8. The van der Waals surface area contributed by atoms with Crippen LogP contribution in [0, 0.1) is 12.7 Å². The minimum Gasteiger partial charge on any atom is -0.346 e. The van der Waals surface area contributed by atoms with Crippen molar-refractivity contribution in [3.05, 3.63) is 65.2 Å². The normalized spacial score (nSPS) is 17.0. The number of likely N-dealkylation sites (tertiary alicyclic amines) is 1. The van der Waals surface area contributed by atoms with E-state index in [9.17, 15) is 14.0 Å². The van der Waals surface area contributed by atoms with Crippen LogP contribution in [0.3, 0.4) is 0 Å². The molecule has 2 amide bonds. The minimum absolute atomic E-state index is 0.0182. The van der Waals surface area contributed by atoms with E-state index >= 15 is 0 Å². The highest BCUT2D eigenvalue weighted by molar-refractivity contribution is 5.93. The number of hydrogen-bond donors (Lipinski definition) is 1. The summed E-state index contributed by atoms with van der Waals surface area (Å²) in [6.07, 6.45) is 0.951. The van der Waals surface area contributed by atoms with E-state index in [4.69, 9.17) is 0 Å². The van der Waals surface area contributed by atoms with Gasteiger partial charge in [0.1, 0.15) is 11.5 Å². The molecule has 1 aromatic heterocycles. The Morgan fingerprint density at radius 1 is 1.28 bits per heavy atom. The summed E-state index contributed by atoms with van der Waals surface area (Å²) in [6.45, 7) is 2.87. The molecule has 1 N–H and O–H groups in total. The fourth-order valence-corrected chi connectivity index (χ4v) is 2.93. The zero-order valence-corrected chi connectivity index (χ0v) is 14.0. The number of aromatic nitrogens is 1. The highest BCUT2D eigenvalue weighted by atomic mass is 19.1. The van der Waals surface area contributed by atoms with Crippen molar-refractivity contribution in [3.8, 4) is 0 Å². The number of nitrogens with one attached hydrogen (secondary N) is 1. The number of amides is 2. The average molecular weight is 341 g/mol. The molecule has 1 aliphatic rings. The molecule has 5 nitrogen and oxygen atoms in total. The van der Waals surface area contributed by atoms with Crippen molar-refractivity contribution in [2.45, 2.75) is 25.8 Å². The van der Waals surface area contributed by atoms with Gasteiger partial charge in [-0.2, -0.15) is 0 Å². The van der Waals surface area contributed by atoms with E-state index in [2.05, 4.69) is 10.3 Å². The van der Waals surface area contributed by atoms with Gasteiger partial charge in [0, 0.05) is 25.2 Å². The van der Waals surface area contributed by atoms with Crippen LogP contribution < -0.4 is 5.32 Å². The molecule has 0 aliphatic carbocycles. The van der Waals surface area contributed by atoms with Crippen molar-refractivity contribution in [1.82, 2.24) is 15.2 Å². The number of carbonyl (C=O) groups excluding carboxylic acids is 2. The molecule has 1 saturated heterocycles. The summed E-state index contributed by atoms with van der Waals surface area (Å²) in [4.78, 5) is 30.3. The van der Waals surface area contributed by atoms with E-state index in [1.807, 2.05) is 13.0 Å². The molecule has 1 aromatic carbocycles. The fraction of sp³-hybridized carbons (Fsp3) is 0.316. The van der Waals surface area contributed by atoms with Crippen LogP contribution >= 0.6 is 0 Å². The van der Waals surface area contributed by atoms with Gasteiger partial charge in [-0.25, -0.2) is 9.37 Å². The van der Waals surface area contributed by atoms with Gasteiger partial charge in [-0.15, -0.1) is 0 Å². The van der Waals surface area contributed by atoms with Crippen LogP contribution in [0.1, 0.15) is 28.2 Å². The van der Waals surface area contributed by atoms with Gasteiger partial charge in [-0.3, -0.25) is 9.59 Å². The largest absolute Gasteiger partial charge is 0.346 e. The lowest BCUT2D eigenvalue weighted by Gasteiger charge is -2.17. The predicted octanol–water partition coefficient (Wildman–Crippen LogP) is 2.10. The molecule has 6 heteroatoms. The van der Waals surface area contributed by atoms with Gasteiger partial charge in [0.15, 0.2) is 0 Å². The first-order valence-electron chi connectivity index (χ1n) is 8.28. The first-order valence-corrected chi connectivity index (χ1v) is 8.28. The van der Waals surface area contributed by atoms with Gasteiger partial charge in [0.05, 0.1) is 6.04 Å². The predicted molar refractivity (Wildman–Crippen MR) is 91.5 cm³/mol. The standard InChI is InChI=1S/C19H20FN3O2/c1-13-3-2-4-17(21-13)19(25)22-16-11-18(24)23(12-16)10-9-14-5-7-15(20)8-6-14/h2-8,16H,9-12H2,1H3,(H,22,25)/t16-/m0/s1. The molecule has 1 aliphatic heterocycles. The SMILES string of the molecule is Cc1cccc(C(=O)N[C@H]2CC(=O)N(CCc3ccc(F)cc3)C2)n1. The number of rotatable bonds is 5. The molecular weight excluding hydrogens is 321 g/mol. The van der Waals surface area contributed by atoms with Crippen LogP contribution in [-0.4, -0.2) is 40.8 Å². The fourth-order valence-electron chi connectivity index (χ4n) is 2.93. The van der Waals surface area contributed by atoms with E-state index in [1.165, 1.54) is 12.1 Å². The van der Waals surface area contributed by atoms with Gasteiger partial charge in [0.2, 0.25) is 5.91 Å². The van der Waals surface area contributed by atoms with Crippen LogP contribution in [0.2, 0.25) is 0 Å². The number of halogens is 1. The molecule has 2 heterocycles. The summed E-state index contributed by atoms with van der Waals surface area (Å²) in [6, 6.07) is 11.3. The monoisotopic (exact) mass is 341 g/mol. The Kier molecular flexibility index (Phi) is 5.07. The lowest BCUT2D eigenvalue weighted by Crippen LogP contribution is -2.37. The number of carbonyl (C=O) groups is 2. The van der Waals surface area contributed by atoms with Crippen molar-refractivity contribution >= 4 is 11.8 Å². The molecule has 0 saturated carbocycles. The smallest absolute Gasteiger partial charge is 0.270 e. The first kappa shape index (κ1) is 17.1. The summed E-state index contributed by atoms with van der Waals surface area (Å²) in [7, 11) is 0. The maximum atomic E-state index is 12.9. The third-order valence-corrected chi connectivity index (χ3v) is 4.25.